The summed E-state index contributed by atoms with van der Waals surface area (Å²) < 4.78 is 0. The number of benzene rings is 1. The van der Waals surface area contributed by atoms with Gasteiger partial charge in [0.15, 0.2) is 5.82 Å². The maximum Gasteiger partial charge on any atom is 0.159 e. The van der Waals surface area contributed by atoms with Crippen LogP contribution in [0.5, 0.6) is 0 Å². The van der Waals surface area contributed by atoms with Crippen molar-refractivity contribution in [1.82, 2.24) is 10.2 Å². The summed E-state index contributed by atoms with van der Waals surface area (Å²) in [6.45, 7) is 8.00. The van der Waals surface area contributed by atoms with Crippen LogP contribution in [0, 0.1) is 20.8 Å². The SMILES string of the molecule is Cc1ccc(C(C)Nc2nnc(C)c(C)c2C(N)=S)cc1. The molecule has 1 aromatic heterocycles. The third kappa shape index (κ3) is 3.36. The summed E-state index contributed by atoms with van der Waals surface area (Å²) in [7, 11) is 0. The zero-order valence-electron chi connectivity index (χ0n) is 12.8. The average Bonchev–Trinajstić information content (AvgIpc) is 2.43. The van der Waals surface area contributed by atoms with Crippen LogP contribution < -0.4 is 11.1 Å². The summed E-state index contributed by atoms with van der Waals surface area (Å²) in [5.74, 6) is 0.638. The van der Waals surface area contributed by atoms with Crippen molar-refractivity contribution < 1.29 is 0 Å². The summed E-state index contributed by atoms with van der Waals surface area (Å²) in [5, 5.41) is 11.7. The van der Waals surface area contributed by atoms with E-state index in [1.54, 1.807) is 0 Å². The lowest BCUT2D eigenvalue weighted by atomic mass is 10.1. The molecule has 0 bridgehead atoms. The van der Waals surface area contributed by atoms with Crippen molar-refractivity contribution in [2.24, 2.45) is 5.73 Å². The van der Waals surface area contributed by atoms with E-state index in [4.69, 9.17) is 18.0 Å². The van der Waals surface area contributed by atoms with E-state index < -0.39 is 0 Å². The molecule has 0 spiro atoms. The minimum atomic E-state index is 0.0927. The molecule has 1 heterocycles. The third-order valence-electron chi connectivity index (χ3n) is 3.63. The lowest BCUT2D eigenvalue weighted by Gasteiger charge is -2.18. The van der Waals surface area contributed by atoms with E-state index in [1.807, 2.05) is 13.8 Å². The first-order chi connectivity index (χ1) is 9.90. The molecule has 2 aromatic rings. The molecule has 3 N–H and O–H groups in total. The lowest BCUT2D eigenvalue weighted by molar-refractivity contribution is 0.850. The molecule has 1 unspecified atom stereocenters. The van der Waals surface area contributed by atoms with Crippen LogP contribution in [0.1, 0.15) is 40.9 Å². The first kappa shape index (κ1) is 15.4. The van der Waals surface area contributed by atoms with Gasteiger partial charge in [0, 0.05) is 0 Å². The van der Waals surface area contributed by atoms with Gasteiger partial charge in [0.05, 0.1) is 17.3 Å². The van der Waals surface area contributed by atoms with E-state index in [1.165, 1.54) is 11.1 Å². The normalized spacial score (nSPS) is 12.0. The number of anilines is 1. The highest BCUT2D eigenvalue weighted by molar-refractivity contribution is 7.80. The van der Waals surface area contributed by atoms with Gasteiger partial charge < -0.3 is 11.1 Å². The number of hydrogen-bond donors (Lipinski definition) is 2. The van der Waals surface area contributed by atoms with Gasteiger partial charge in [0.2, 0.25) is 0 Å². The van der Waals surface area contributed by atoms with E-state index in [0.717, 1.165) is 16.8 Å². The molecule has 2 rings (SSSR count). The van der Waals surface area contributed by atoms with Crippen LogP contribution in [0.4, 0.5) is 5.82 Å². The summed E-state index contributed by atoms with van der Waals surface area (Å²) in [4.78, 5) is 0.337. The Morgan fingerprint density at radius 3 is 2.33 bits per heavy atom. The first-order valence-electron chi connectivity index (χ1n) is 6.87. The summed E-state index contributed by atoms with van der Waals surface area (Å²) in [6.07, 6.45) is 0. The van der Waals surface area contributed by atoms with Gasteiger partial charge in [-0.05, 0) is 38.8 Å². The van der Waals surface area contributed by atoms with Gasteiger partial charge in [-0.2, -0.15) is 5.10 Å². The van der Waals surface area contributed by atoms with Gasteiger partial charge in [-0.25, -0.2) is 0 Å². The second kappa shape index (κ2) is 6.18. The Labute approximate surface area is 130 Å². The molecular weight excluding hydrogens is 280 g/mol. The average molecular weight is 300 g/mol. The molecule has 0 aliphatic heterocycles. The van der Waals surface area contributed by atoms with Crippen LogP contribution in [0.2, 0.25) is 0 Å². The number of nitrogens with zero attached hydrogens (tertiary/aromatic N) is 2. The molecule has 0 amide bonds. The Morgan fingerprint density at radius 1 is 1.14 bits per heavy atom. The molecule has 5 heteroatoms. The predicted molar refractivity (Wildman–Crippen MR) is 90.6 cm³/mol. The van der Waals surface area contributed by atoms with E-state index in [-0.39, 0.29) is 6.04 Å². The number of thiocarbonyl (C=S) groups is 1. The molecule has 0 saturated carbocycles. The number of aromatic nitrogens is 2. The van der Waals surface area contributed by atoms with E-state index in [0.29, 0.717) is 10.8 Å². The number of nitrogens with two attached hydrogens (primary N) is 1. The molecule has 110 valence electrons. The molecule has 0 aliphatic carbocycles. The highest BCUT2D eigenvalue weighted by atomic mass is 32.1. The topological polar surface area (TPSA) is 63.8 Å². The summed E-state index contributed by atoms with van der Waals surface area (Å²) in [5.41, 5.74) is 10.8. The highest BCUT2D eigenvalue weighted by Gasteiger charge is 2.16. The van der Waals surface area contributed by atoms with E-state index in [2.05, 4.69) is 53.6 Å². The summed E-state index contributed by atoms with van der Waals surface area (Å²) >= 11 is 5.15. The molecule has 0 radical (unpaired) electrons. The quantitative estimate of drug-likeness (QED) is 0.849. The Kier molecular flexibility index (Phi) is 4.53. The highest BCUT2D eigenvalue weighted by Crippen LogP contribution is 2.23. The van der Waals surface area contributed by atoms with Crippen molar-refractivity contribution in [1.29, 1.82) is 0 Å². The molecular formula is C16H20N4S. The van der Waals surface area contributed by atoms with Crippen molar-refractivity contribution >= 4 is 23.0 Å². The molecule has 0 aliphatic rings. The van der Waals surface area contributed by atoms with Crippen LogP contribution in [-0.2, 0) is 0 Å². The van der Waals surface area contributed by atoms with Gasteiger partial charge >= 0.3 is 0 Å². The largest absolute Gasteiger partial charge is 0.389 e. The van der Waals surface area contributed by atoms with Crippen molar-refractivity contribution in [2.45, 2.75) is 33.7 Å². The molecule has 21 heavy (non-hydrogen) atoms. The summed E-state index contributed by atoms with van der Waals surface area (Å²) in [6, 6.07) is 8.47. The van der Waals surface area contributed by atoms with Gasteiger partial charge in [-0.3, -0.25) is 0 Å². The number of aryl methyl sites for hydroxylation is 2. The number of hydrogen-bond acceptors (Lipinski definition) is 4. The molecule has 0 saturated heterocycles. The molecule has 0 fully saturated rings. The van der Waals surface area contributed by atoms with Gasteiger partial charge in [0.25, 0.3) is 0 Å². The predicted octanol–water partition coefficient (Wildman–Crippen LogP) is 3.21. The van der Waals surface area contributed by atoms with Crippen LogP contribution in [0.3, 0.4) is 0 Å². The maximum absolute atomic E-state index is 5.84. The Morgan fingerprint density at radius 2 is 1.76 bits per heavy atom. The Bertz CT molecular complexity index is 665. The van der Waals surface area contributed by atoms with Crippen LogP contribution in [0.25, 0.3) is 0 Å². The van der Waals surface area contributed by atoms with Gasteiger partial charge in [-0.1, -0.05) is 42.0 Å². The van der Waals surface area contributed by atoms with Crippen molar-refractivity contribution in [3.05, 3.63) is 52.2 Å². The molecule has 1 atom stereocenters. The first-order valence-corrected chi connectivity index (χ1v) is 7.27. The van der Waals surface area contributed by atoms with Crippen molar-refractivity contribution in [3.8, 4) is 0 Å². The second-order valence-corrected chi connectivity index (χ2v) is 5.71. The minimum absolute atomic E-state index is 0.0927. The zero-order chi connectivity index (χ0) is 15.6. The number of nitrogens with one attached hydrogen (secondary N) is 1. The second-order valence-electron chi connectivity index (χ2n) is 5.27. The van der Waals surface area contributed by atoms with E-state index in [9.17, 15) is 0 Å². The molecule has 1 aromatic carbocycles. The number of rotatable bonds is 4. The maximum atomic E-state index is 5.84. The van der Waals surface area contributed by atoms with Gasteiger partial charge in [-0.15, -0.1) is 5.10 Å². The Balaban J connectivity index is 2.33. The van der Waals surface area contributed by atoms with Crippen LogP contribution in [-0.4, -0.2) is 15.2 Å². The standard InChI is InChI=1S/C16H20N4S/c1-9-5-7-13(8-6-9)12(4)18-16-14(15(17)21)10(2)11(3)19-20-16/h5-8,12H,1-4H3,(H2,17,21)(H,18,20). The van der Waals surface area contributed by atoms with E-state index >= 15 is 0 Å². The fourth-order valence-electron chi connectivity index (χ4n) is 2.15. The monoisotopic (exact) mass is 300 g/mol. The fourth-order valence-corrected chi connectivity index (χ4v) is 2.40. The van der Waals surface area contributed by atoms with Crippen molar-refractivity contribution in [3.63, 3.8) is 0 Å². The smallest absolute Gasteiger partial charge is 0.159 e. The molecule has 4 nitrogen and oxygen atoms in total. The minimum Gasteiger partial charge on any atom is -0.389 e. The van der Waals surface area contributed by atoms with Crippen molar-refractivity contribution in [2.75, 3.05) is 5.32 Å². The zero-order valence-corrected chi connectivity index (χ0v) is 13.6. The van der Waals surface area contributed by atoms with Crippen LogP contribution in [0.15, 0.2) is 24.3 Å². The fraction of sp³-hybridized carbons (Fsp3) is 0.312. The van der Waals surface area contributed by atoms with Crippen LogP contribution >= 0.6 is 12.2 Å². The van der Waals surface area contributed by atoms with Gasteiger partial charge in [0.1, 0.15) is 4.99 Å². The lowest BCUT2D eigenvalue weighted by Crippen LogP contribution is -2.19. The Hall–Kier alpha value is -2.01. The third-order valence-corrected chi connectivity index (χ3v) is 3.84.